The average Bonchev–Trinajstić information content (AvgIpc) is 3.23. The third kappa shape index (κ3) is 4.42. The molecule has 1 aromatic heterocycles. The highest BCUT2D eigenvalue weighted by Gasteiger charge is 2.46. The lowest BCUT2D eigenvalue weighted by atomic mass is 9.98. The minimum absolute atomic E-state index is 0.0312. The number of thiophene rings is 1. The van der Waals surface area contributed by atoms with Gasteiger partial charge in [0.05, 0.1) is 17.7 Å². The van der Waals surface area contributed by atoms with Gasteiger partial charge in [0, 0.05) is 30.7 Å². The van der Waals surface area contributed by atoms with Crippen molar-refractivity contribution in [2.45, 2.75) is 39.3 Å². The van der Waals surface area contributed by atoms with Crippen LogP contribution in [0.4, 0.5) is 0 Å². The van der Waals surface area contributed by atoms with E-state index in [1.54, 1.807) is 36.3 Å². The van der Waals surface area contributed by atoms with E-state index in [-0.39, 0.29) is 17.4 Å². The highest BCUT2D eigenvalue weighted by molar-refractivity contribution is 7.10. The van der Waals surface area contributed by atoms with E-state index in [0.29, 0.717) is 30.9 Å². The first-order valence-corrected chi connectivity index (χ1v) is 10.8. The van der Waals surface area contributed by atoms with Gasteiger partial charge in [0.2, 0.25) is 0 Å². The molecule has 1 aliphatic rings. The van der Waals surface area contributed by atoms with Crippen molar-refractivity contribution in [2.75, 3.05) is 20.3 Å². The van der Waals surface area contributed by atoms with Gasteiger partial charge in [-0.1, -0.05) is 0 Å². The van der Waals surface area contributed by atoms with Crippen molar-refractivity contribution in [3.05, 3.63) is 57.3 Å². The molecule has 1 saturated heterocycles. The number of amides is 1. The number of aliphatic hydroxyl groups is 1. The molecule has 6 nitrogen and oxygen atoms in total. The summed E-state index contributed by atoms with van der Waals surface area (Å²) in [7, 11) is 1.60. The summed E-state index contributed by atoms with van der Waals surface area (Å²) < 4.78 is 10.7. The van der Waals surface area contributed by atoms with Crippen molar-refractivity contribution >= 4 is 28.8 Å². The van der Waals surface area contributed by atoms with Gasteiger partial charge in [-0.15, -0.1) is 11.3 Å². The molecule has 0 bridgehead atoms. The van der Waals surface area contributed by atoms with E-state index in [2.05, 4.69) is 0 Å². The van der Waals surface area contributed by atoms with Crippen molar-refractivity contribution in [3.63, 3.8) is 0 Å². The molecule has 0 aliphatic carbocycles. The SMILES string of the molecule is COCCCN1C(=O)C(=O)/C(=C(\O)c2ccc(OC(C)C)cc2)C1c1sccc1C. The van der Waals surface area contributed by atoms with Gasteiger partial charge in [0.15, 0.2) is 0 Å². The number of ether oxygens (including phenoxy) is 2. The van der Waals surface area contributed by atoms with Gasteiger partial charge in [-0.05, 0) is 68.5 Å². The summed E-state index contributed by atoms with van der Waals surface area (Å²) in [5, 5.41) is 13.0. The molecule has 2 aromatic rings. The molecule has 1 N–H and O–H groups in total. The second kappa shape index (κ2) is 9.45. The first-order chi connectivity index (χ1) is 14.3. The van der Waals surface area contributed by atoms with Gasteiger partial charge in [-0.2, -0.15) is 0 Å². The zero-order valence-electron chi connectivity index (χ0n) is 17.7. The minimum Gasteiger partial charge on any atom is -0.507 e. The van der Waals surface area contributed by atoms with E-state index in [4.69, 9.17) is 9.47 Å². The molecule has 2 heterocycles. The van der Waals surface area contributed by atoms with Crippen LogP contribution in [0.1, 0.15) is 42.3 Å². The smallest absolute Gasteiger partial charge is 0.295 e. The Balaban J connectivity index is 2.04. The summed E-state index contributed by atoms with van der Waals surface area (Å²) in [4.78, 5) is 28.2. The number of carbonyl (C=O) groups is 2. The Morgan fingerprint density at radius 2 is 1.90 bits per heavy atom. The van der Waals surface area contributed by atoms with Gasteiger partial charge in [0.25, 0.3) is 11.7 Å². The molecule has 1 aliphatic heterocycles. The number of hydrogen-bond acceptors (Lipinski definition) is 6. The quantitative estimate of drug-likeness (QED) is 0.293. The summed E-state index contributed by atoms with van der Waals surface area (Å²) in [5.41, 5.74) is 1.58. The predicted molar refractivity (Wildman–Crippen MR) is 117 cm³/mol. The van der Waals surface area contributed by atoms with Crippen molar-refractivity contribution in [1.82, 2.24) is 4.90 Å². The van der Waals surface area contributed by atoms with Crippen LogP contribution < -0.4 is 4.74 Å². The van der Waals surface area contributed by atoms with E-state index >= 15 is 0 Å². The van der Waals surface area contributed by atoms with Crippen LogP contribution in [0.5, 0.6) is 5.75 Å². The van der Waals surface area contributed by atoms with E-state index in [9.17, 15) is 14.7 Å². The lowest BCUT2D eigenvalue weighted by Crippen LogP contribution is -2.31. The number of ketones is 1. The van der Waals surface area contributed by atoms with E-state index < -0.39 is 17.7 Å². The fraction of sp³-hybridized carbons (Fsp3) is 0.391. The maximum Gasteiger partial charge on any atom is 0.295 e. The van der Waals surface area contributed by atoms with E-state index in [1.807, 2.05) is 32.2 Å². The molecule has 30 heavy (non-hydrogen) atoms. The Kier molecular flexibility index (Phi) is 6.95. The normalized spacial score (nSPS) is 18.4. The van der Waals surface area contributed by atoms with Crippen LogP contribution in [0.15, 0.2) is 41.3 Å². The number of Topliss-reactive ketones (excluding diaryl/α,β-unsaturated/α-hetero) is 1. The Hall–Kier alpha value is -2.64. The summed E-state index contributed by atoms with van der Waals surface area (Å²) in [6.07, 6.45) is 0.634. The second-order valence-electron chi connectivity index (χ2n) is 7.50. The Morgan fingerprint density at radius 3 is 2.47 bits per heavy atom. The molecule has 1 atom stereocenters. The van der Waals surface area contributed by atoms with Gasteiger partial charge >= 0.3 is 0 Å². The molecular formula is C23H27NO5S. The standard InChI is InChI=1S/C23H27NO5S/c1-14(2)29-17-8-6-16(7-9-17)20(25)18-19(22-15(3)10-13-30-22)24(11-5-12-28-4)23(27)21(18)26/h6-10,13-14,19,25H,5,11-12H2,1-4H3/b20-18-. The average molecular weight is 430 g/mol. The summed E-state index contributed by atoms with van der Waals surface area (Å²) in [5.74, 6) is -0.751. The third-order valence-corrected chi connectivity index (χ3v) is 6.01. The zero-order valence-corrected chi connectivity index (χ0v) is 18.5. The molecule has 0 radical (unpaired) electrons. The highest BCUT2D eigenvalue weighted by atomic mass is 32.1. The molecule has 1 unspecified atom stereocenters. The van der Waals surface area contributed by atoms with E-state index in [1.165, 1.54) is 11.3 Å². The van der Waals surface area contributed by atoms with Crippen LogP contribution in [0.2, 0.25) is 0 Å². The predicted octanol–water partition coefficient (Wildman–Crippen LogP) is 4.30. The molecule has 0 spiro atoms. The Bertz CT molecular complexity index is 945. The second-order valence-corrected chi connectivity index (χ2v) is 8.45. The zero-order chi connectivity index (χ0) is 21.8. The Morgan fingerprint density at radius 1 is 1.20 bits per heavy atom. The van der Waals surface area contributed by atoms with Crippen LogP contribution in [0.3, 0.4) is 0 Å². The largest absolute Gasteiger partial charge is 0.507 e. The molecule has 160 valence electrons. The number of hydrogen-bond donors (Lipinski definition) is 1. The number of methoxy groups -OCH3 is 1. The number of likely N-dealkylation sites (tertiary alicyclic amines) is 1. The van der Waals surface area contributed by atoms with Gasteiger partial charge in [-0.25, -0.2) is 0 Å². The fourth-order valence-corrected chi connectivity index (χ4v) is 4.59. The number of aliphatic hydroxyl groups excluding tert-OH is 1. The molecule has 1 aromatic carbocycles. The van der Waals surface area contributed by atoms with Crippen LogP contribution in [-0.2, 0) is 14.3 Å². The molecule has 1 amide bonds. The van der Waals surface area contributed by atoms with Crippen LogP contribution in [0, 0.1) is 6.92 Å². The van der Waals surface area contributed by atoms with Gasteiger partial charge in [-0.3, -0.25) is 9.59 Å². The first-order valence-electron chi connectivity index (χ1n) is 9.93. The van der Waals surface area contributed by atoms with E-state index in [0.717, 1.165) is 10.4 Å². The van der Waals surface area contributed by atoms with Gasteiger partial charge < -0.3 is 19.5 Å². The molecule has 3 rings (SSSR count). The maximum absolute atomic E-state index is 12.9. The van der Waals surface area contributed by atoms with Crippen LogP contribution >= 0.6 is 11.3 Å². The summed E-state index contributed by atoms with van der Waals surface area (Å²) in [6.45, 7) is 6.67. The van der Waals surface area contributed by atoms with Crippen molar-refractivity contribution in [2.24, 2.45) is 0 Å². The monoisotopic (exact) mass is 429 g/mol. The van der Waals surface area contributed by atoms with Crippen LogP contribution in [0.25, 0.3) is 5.76 Å². The third-order valence-electron chi connectivity index (χ3n) is 4.94. The number of carbonyl (C=O) groups excluding carboxylic acids is 2. The summed E-state index contributed by atoms with van der Waals surface area (Å²) in [6, 6.07) is 8.24. The Labute approximate surface area is 180 Å². The maximum atomic E-state index is 12.9. The van der Waals surface area contributed by atoms with Crippen molar-refractivity contribution < 1.29 is 24.2 Å². The topological polar surface area (TPSA) is 76.1 Å². The number of rotatable bonds is 8. The molecule has 0 saturated carbocycles. The molecule has 7 heteroatoms. The van der Waals surface area contributed by atoms with Crippen molar-refractivity contribution in [3.8, 4) is 5.75 Å². The van der Waals surface area contributed by atoms with Gasteiger partial charge in [0.1, 0.15) is 11.5 Å². The summed E-state index contributed by atoms with van der Waals surface area (Å²) >= 11 is 1.48. The lowest BCUT2D eigenvalue weighted by molar-refractivity contribution is -0.140. The highest BCUT2D eigenvalue weighted by Crippen LogP contribution is 2.42. The molecular weight excluding hydrogens is 402 g/mol. The number of nitrogens with zero attached hydrogens (tertiary/aromatic N) is 1. The van der Waals surface area contributed by atoms with Crippen LogP contribution in [-0.4, -0.2) is 48.1 Å². The molecule has 1 fully saturated rings. The first kappa shape index (κ1) is 22.1. The van der Waals surface area contributed by atoms with Crippen molar-refractivity contribution in [1.29, 1.82) is 0 Å². The minimum atomic E-state index is -0.662. The number of benzene rings is 1. The number of aryl methyl sites for hydroxylation is 1. The lowest BCUT2D eigenvalue weighted by Gasteiger charge is -2.24. The fourth-order valence-electron chi connectivity index (χ4n) is 3.55.